The maximum Gasteiger partial charge on any atom is 0.290 e. The molecule has 4 rings (SSSR count). The summed E-state index contributed by atoms with van der Waals surface area (Å²) in [5, 5.41) is 10.7. The number of carboxylic acid groups (broad SMARTS) is 1. The van der Waals surface area contributed by atoms with E-state index in [1.807, 2.05) is 0 Å². The zero-order chi connectivity index (χ0) is 13.1. The van der Waals surface area contributed by atoms with Gasteiger partial charge in [-0.2, -0.15) is 8.78 Å². The van der Waals surface area contributed by atoms with Gasteiger partial charge in [0.2, 0.25) is 0 Å². The van der Waals surface area contributed by atoms with Gasteiger partial charge in [0.1, 0.15) is 5.97 Å². The van der Waals surface area contributed by atoms with Gasteiger partial charge in [0.25, 0.3) is 5.92 Å². The minimum atomic E-state index is -3.69. The third kappa shape index (κ3) is 1.60. The Balaban J connectivity index is 1.89. The normalized spacial score (nSPS) is 44.1. The molecule has 0 aromatic carbocycles. The molecule has 4 aliphatic carbocycles. The van der Waals surface area contributed by atoms with E-state index in [2.05, 4.69) is 0 Å². The number of aliphatic carboxylic acids is 1. The number of hydrogen-bond acceptors (Lipinski definition) is 2. The highest BCUT2D eigenvalue weighted by Crippen LogP contribution is 2.64. The molecule has 4 aliphatic rings. The van der Waals surface area contributed by atoms with Crippen LogP contribution in [0.25, 0.3) is 0 Å². The SMILES string of the molecule is CC(C12CC3CC(CC(C3)C1)C2)C(F)(F)C(=O)[O-]. The molecule has 4 heteroatoms. The highest BCUT2D eigenvalue weighted by molar-refractivity contribution is 5.73. The van der Waals surface area contributed by atoms with E-state index in [4.69, 9.17) is 0 Å². The summed E-state index contributed by atoms with van der Waals surface area (Å²) in [6.07, 6.45) is 5.89. The standard InChI is InChI=1S/C14H20F2O2/c1-8(14(15,16)12(17)18)13-5-9-2-10(6-13)4-11(3-9)7-13/h8-11H,2-7H2,1H3,(H,17,18)/p-1. The predicted octanol–water partition coefficient (Wildman–Crippen LogP) is 2.22. The van der Waals surface area contributed by atoms with Gasteiger partial charge in [-0.15, -0.1) is 0 Å². The Bertz CT molecular complexity index is 343. The Morgan fingerprint density at radius 3 is 1.89 bits per heavy atom. The molecule has 2 nitrogen and oxygen atoms in total. The van der Waals surface area contributed by atoms with Gasteiger partial charge in [0, 0.05) is 5.92 Å². The Morgan fingerprint density at radius 1 is 1.17 bits per heavy atom. The molecule has 102 valence electrons. The molecule has 0 aromatic rings. The lowest BCUT2D eigenvalue weighted by Gasteiger charge is -2.60. The highest BCUT2D eigenvalue weighted by atomic mass is 19.3. The summed E-state index contributed by atoms with van der Waals surface area (Å²) in [6, 6.07) is 0. The van der Waals surface area contributed by atoms with Crippen LogP contribution >= 0.6 is 0 Å². The van der Waals surface area contributed by atoms with Crippen molar-refractivity contribution in [3.8, 4) is 0 Å². The molecular formula is C14H19F2O2-. The monoisotopic (exact) mass is 257 g/mol. The Morgan fingerprint density at radius 2 is 1.56 bits per heavy atom. The molecule has 1 atom stereocenters. The van der Waals surface area contributed by atoms with E-state index >= 15 is 0 Å². The van der Waals surface area contributed by atoms with Crippen molar-refractivity contribution >= 4 is 5.97 Å². The fraction of sp³-hybridized carbons (Fsp3) is 0.929. The van der Waals surface area contributed by atoms with Gasteiger partial charge in [-0.25, -0.2) is 0 Å². The van der Waals surface area contributed by atoms with Gasteiger partial charge in [-0.3, -0.25) is 0 Å². The van der Waals surface area contributed by atoms with Gasteiger partial charge >= 0.3 is 0 Å². The van der Waals surface area contributed by atoms with Crippen molar-refractivity contribution in [3.05, 3.63) is 0 Å². The van der Waals surface area contributed by atoms with Crippen LogP contribution in [0.15, 0.2) is 0 Å². The van der Waals surface area contributed by atoms with Crippen molar-refractivity contribution in [2.45, 2.75) is 51.4 Å². The van der Waals surface area contributed by atoms with E-state index in [1.165, 1.54) is 26.2 Å². The van der Waals surface area contributed by atoms with Crippen LogP contribution in [-0.4, -0.2) is 11.9 Å². The number of carbonyl (C=O) groups is 1. The largest absolute Gasteiger partial charge is 0.544 e. The van der Waals surface area contributed by atoms with Crippen molar-refractivity contribution < 1.29 is 18.7 Å². The zero-order valence-electron chi connectivity index (χ0n) is 10.6. The third-order valence-corrected chi connectivity index (χ3v) is 5.82. The maximum atomic E-state index is 13.8. The number of rotatable bonds is 3. The minimum Gasteiger partial charge on any atom is -0.544 e. The van der Waals surface area contributed by atoms with Crippen LogP contribution in [0.4, 0.5) is 8.78 Å². The van der Waals surface area contributed by atoms with Crippen molar-refractivity contribution in [2.24, 2.45) is 29.1 Å². The second-order valence-corrected chi connectivity index (χ2v) is 6.91. The molecular weight excluding hydrogens is 238 g/mol. The van der Waals surface area contributed by atoms with Gasteiger partial charge in [-0.1, -0.05) is 6.92 Å². The van der Waals surface area contributed by atoms with Gasteiger partial charge in [0.05, 0.1) is 0 Å². The summed E-state index contributed by atoms with van der Waals surface area (Å²) in [4.78, 5) is 10.7. The number of carbonyl (C=O) groups excluding carboxylic acids is 1. The van der Waals surface area contributed by atoms with Crippen LogP contribution in [-0.2, 0) is 4.79 Å². The summed E-state index contributed by atoms with van der Waals surface area (Å²) >= 11 is 0. The summed E-state index contributed by atoms with van der Waals surface area (Å²) in [6.45, 7) is 1.42. The summed E-state index contributed by atoms with van der Waals surface area (Å²) in [7, 11) is 0. The minimum absolute atomic E-state index is 0.446. The quantitative estimate of drug-likeness (QED) is 0.777. The molecule has 0 aliphatic heterocycles. The maximum absolute atomic E-state index is 13.8. The molecule has 4 bridgehead atoms. The van der Waals surface area contributed by atoms with Crippen LogP contribution in [0.3, 0.4) is 0 Å². The van der Waals surface area contributed by atoms with Crippen molar-refractivity contribution in [2.75, 3.05) is 0 Å². The van der Waals surface area contributed by atoms with Gasteiger partial charge in [-0.05, 0) is 61.7 Å². The van der Waals surface area contributed by atoms with E-state index in [1.54, 1.807) is 0 Å². The first-order valence-electron chi connectivity index (χ1n) is 6.93. The van der Waals surface area contributed by atoms with Gasteiger partial charge in [0.15, 0.2) is 0 Å². The van der Waals surface area contributed by atoms with Crippen LogP contribution in [0.1, 0.15) is 45.4 Å². The fourth-order valence-corrected chi connectivity index (χ4v) is 5.27. The van der Waals surface area contributed by atoms with Gasteiger partial charge < -0.3 is 9.90 Å². The average molecular weight is 257 g/mol. The molecule has 0 saturated heterocycles. The van der Waals surface area contributed by atoms with E-state index < -0.39 is 23.2 Å². The van der Waals surface area contributed by atoms with Crippen molar-refractivity contribution in [1.29, 1.82) is 0 Å². The second kappa shape index (κ2) is 3.67. The van der Waals surface area contributed by atoms with Crippen molar-refractivity contribution in [1.82, 2.24) is 0 Å². The first-order valence-corrected chi connectivity index (χ1v) is 6.93. The highest BCUT2D eigenvalue weighted by Gasteiger charge is 2.58. The van der Waals surface area contributed by atoms with E-state index in [0.29, 0.717) is 17.8 Å². The summed E-state index contributed by atoms with van der Waals surface area (Å²) < 4.78 is 27.6. The second-order valence-electron chi connectivity index (χ2n) is 6.91. The average Bonchev–Trinajstić information content (AvgIpc) is 2.25. The Kier molecular flexibility index (Phi) is 2.52. The van der Waals surface area contributed by atoms with Crippen LogP contribution in [0, 0.1) is 29.1 Å². The number of alkyl halides is 2. The molecule has 0 aromatic heterocycles. The first kappa shape index (κ1) is 12.4. The summed E-state index contributed by atoms with van der Waals surface area (Å²) in [5.41, 5.74) is -0.446. The third-order valence-electron chi connectivity index (χ3n) is 5.82. The van der Waals surface area contributed by atoms with Crippen molar-refractivity contribution in [3.63, 3.8) is 0 Å². The number of halogens is 2. The number of carboxylic acids is 1. The molecule has 0 amide bonds. The van der Waals surface area contributed by atoms with E-state index in [9.17, 15) is 18.7 Å². The molecule has 4 fully saturated rings. The predicted molar refractivity (Wildman–Crippen MR) is 59.7 cm³/mol. The molecule has 0 spiro atoms. The molecule has 1 unspecified atom stereocenters. The van der Waals surface area contributed by atoms with E-state index in [0.717, 1.165) is 19.3 Å². The topological polar surface area (TPSA) is 40.1 Å². The fourth-order valence-electron chi connectivity index (χ4n) is 5.27. The molecule has 0 radical (unpaired) electrons. The Labute approximate surface area is 106 Å². The lowest BCUT2D eigenvalue weighted by atomic mass is 9.46. The molecule has 18 heavy (non-hydrogen) atoms. The lowest BCUT2D eigenvalue weighted by Crippen LogP contribution is -2.57. The van der Waals surface area contributed by atoms with Crippen LogP contribution < -0.4 is 5.11 Å². The first-order chi connectivity index (χ1) is 8.33. The van der Waals surface area contributed by atoms with Crippen LogP contribution in [0.5, 0.6) is 0 Å². The van der Waals surface area contributed by atoms with Crippen LogP contribution in [0.2, 0.25) is 0 Å². The molecule has 4 saturated carbocycles. The van der Waals surface area contributed by atoms with E-state index in [-0.39, 0.29) is 0 Å². The molecule has 0 N–H and O–H groups in total. The Hall–Kier alpha value is -0.670. The zero-order valence-corrected chi connectivity index (χ0v) is 10.6. The number of hydrogen-bond donors (Lipinski definition) is 0. The molecule has 0 heterocycles. The lowest BCUT2D eigenvalue weighted by molar-refractivity contribution is -0.338. The summed E-state index contributed by atoms with van der Waals surface area (Å²) in [5.74, 6) is -5.33. The smallest absolute Gasteiger partial charge is 0.290 e.